The predicted molar refractivity (Wildman–Crippen MR) is 52.6 cm³/mol. The molecule has 0 bridgehead atoms. The van der Waals surface area contributed by atoms with E-state index in [2.05, 4.69) is 0 Å². The number of hydrogen-bond acceptors (Lipinski definition) is 4. The highest BCUT2D eigenvalue weighted by Crippen LogP contribution is 2.27. The van der Waals surface area contributed by atoms with Crippen molar-refractivity contribution in [3.63, 3.8) is 0 Å². The third-order valence-corrected chi connectivity index (χ3v) is 1.70. The van der Waals surface area contributed by atoms with Crippen molar-refractivity contribution in [2.75, 3.05) is 6.54 Å². The molecule has 1 rings (SSSR count). The molecule has 0 fully saturated rings. The van der Waals surface area contributed by atoms with Crippen LogP contribution in [0.1, 0.15) is 11.1 Å². The molecular weight excluding hydrogens is 180 g/mol. The maximum atomic E-state index is 9.38. The molecule has 0 unspecified atom stereocenters. The zero-order chi connectivity index (χ0) is 10.6. The van der Waals surface area contributed by atoms with Crippen LogP contribution in [0.4, 0.5) is 0 Å². The van der Waals surface area contributed by atoms with E-state index < -0.39 is 0 Å². The number of phenols is 2. The van der Waals surface area contributed by atoms with Gasteiger partial charge in [0.15, 0.2) is 0 Å². The molecule has 4 heteroatoms. The van der Waals surface area contributed by atoms with Crippen LogP contribution in [0.15, 0.2) is 18.2 Å². The van der Waals surface area contributed by atoms with Gasteiger partial charge in [-0.05, 0) is 6.07 Å². The van der Waals surface area contributed by atoms with E-state index in [1.165, 1.54) is 6.07 Å². The second-order valence-electron chi connectivity index (χ2n) is 2.68. The van der Waals surface area contributed by atoms with Gasteiger partial charge in [-0.25, -0.2) is 0 Å². The van der Waals surface area contributed by atoms with Gasteiger partial charge in [0.1, 0.15) is 17.6 Å². The third-order valence-electron chi connectivity index (χ3n) is 1.70. The maximum Gasteiger partial charge on any atom is 0.137 e. The molecule has 0 aliphatic carbocycles. The van der Waals surface area contributed by atoms with E-state index in [0.717, 1.165) is 6.07 Å². The number of phenolic OH excluding ortho intramolecular Hbond substituents is 2. The van der Waals surface area contributed by atoms with E-state index in [1.807, 2.05) is 6.07 Å². The molecular formula is C10H10N2O2. The van der Waals surface area contributed by atoms with E-state index >= 15 is 0 Å². The Morgan fingerprint density at radius 3 is 2.64 bits per heavy atom. The van der Waals surface area contributed by atoms with Gasteiger partial charge in [-0.3, -0.25) is 0 Å². The second-order valence-corrected chi connectivity index (χ2v) is 2.68. The number of benzene rings is 1. The molecule has 1 aromatic rings. The Morgan fingerprint density at radius 2 is 2.07 bits per heavy atom. The smallest absolute Gasteiger partial charge is 0.137 e. The van der Waals surface area contributed by atoms with Crippen molar-refractivity contribution in [3.05, 3.63) is 29.3 Å². The number of nitriles is 1. The van der Waals surface area contributed by atoms with Gasteiger partial charge in [0, 0.05) is 18.2 Å². The van der Waals surface area contributed by atoms with Crippen LogP contribution in [0.3, 0.4) is 0 Å². The topological polar surface area (TPSA) is 90.3 Å². The highest BCUT2D eigenvalue weighted by atomic mass is 16.3. The Balaban J connectivity index is 3.19. The van der Waals surface area contributed by atoms with Gasteiger partial charge >= 0.3 is 0 Å². The van der Waals surface area contributed by atoms with Crippen LogP contribution in [0.2, 0.25) is 0 Å². The molecule has 4 N–H and O–H groups in total. The van der Waals surface area contributed by atoms with Crippen LogP contribution in [-0.4, -0.2) is 16.8 Å². The first kappa shape index (κ1) is 10.1. The number of nitrogens with zero attached hydrogens (tertiary/aromatic N) is 1. The maximum absolute atomic E-state index is 9.38. The number of nitrogens with two attached hydrogens (primary N) is 1. The van der Waals surface area contributed by atoms with Crippen molar-refractivity contribution in [2.24, 2.45) is 5.73 Å². The molecule has 0 aliphatic rings. The van der Waals surface area contributed by atoms with Crippen molar-refractivity contribution in [1.29, 1.82) is 5.26 Å². The average molecular weight is 190 g/mol. The summed E-state index contributed by atoms with van der Waals surface area (Å²) in [5, 5.41) is 27.2. The zero-order valence-corrected chi connectivity index (χ0v) is 7.44. The lowest BCUT2D eigenvalue weighted by Gasteiger charge is -2.01. The van der Waals surface area contributed by atoms with Crippen molar-refractivity contribution >= 4 is 6.08 Å². The summed E-state index contributed by atoms with van der Waals surface area (Å²) in [6.45, 7) is 0.349. The van der Waals surface area contributed by atoms with Gasteiger partial charge in [0.25, 0.3) is 0 Å². The molecule has 0 amide bonds. The summed E-state index contributed by atoms with van der Waals surface area (Å²) in [6.07, 6.45) is 3.24. The lowest BCUT2D eigenvalue weighted by molar-refractivity contribution is 0.448. The fourth-order valence-corrected chi connectivity index (χ4v) is 1.01. The Morgan fingerprint density at radius 1 is 1.36 bits per heavy atom. The first-order valence-corrected chi connectivity index (χ1v) is 4.01. The standard InChI is InChI=1S/C10H10N2O2/c11-3-1-2-7-4-8(6-12)10(14)5-9(7)13/h1-2,4-5,13-14H,3,11H2/b2-1+. The first-order valence-electron chi connectivity index (χ1n) is 4.01. The zero-order valence-electron chi connectivity index (χ0n) is 7.44. The summed E-state index contributed by atoms with van der Waals surface area (Å²) in [5.74, 6) is -0.305. The molecule has 0 radical (unpaired) electrons. The van der Waals surface area contributed by atoms with Crippen LogP contribution in [0.5, 0.6) is 11.5 Å². The molecule has 1 aromatic carbocycles. The minimum atomic E-state index is -0.227. The molecule has 14 heavy (non-hydrogen) atoms. The molecule has 0 spiro atoms. The summed E-state index contributed by atoms with van der Waals surface area (Å²) in [6, 6.07) is 4.35. The molecule has 72 valence electrons. The van der Waals surface area contributed by atoms with Crippen molar-refractivity contribution in [2.45, 2.75) is 0 Å². The number of hydrogen-bond donors (Lipinski definition) is 3. The molecule has 0 atom stereocenters. The van der Waals surface area contributed by atoms with Gasteiger partial charge < -0.3 is 15.9 Å². The highest BCUT2D eigenvalue weighted by Gasteiger charge is 2.05. The van der Waals surface area contributed by atoms with Crippen LogP contribution < -0.4 is 5.73 Å². The third kappa shape index (κ3) is 2.03. The lowest BCUT2D eigenvalue weighted by Crippen LogP contribution is -1.92. The van der Waals surface area contributed by atoms with Crippen LogP contribution in [0, 0.1) is 11.3 Å². The Hall–Kier alpha value is -1.99. The lowest BCUT2D eigenvalue weighted by atomic mass is 10.1. The van der Waals surface area contributed by atoms with Gasteiger partial charge in [-0.2, -0.15) is 5.26 Å². The Bertz CT molecular complexity index is 405. The fourth-order valence-electron chi connectivity index (χ4n) is 1.01. The summed E-state index contributed by atoms with van der Waals surface area (Å²) in [7, 11) is 0. The van der Waals surface area contributed by atoms with Gasteiger partial charge in [0.05, 0.1) is 5.56 Å². The second kappa shape index (κ2) is 4.30. The van der Waals surface area contributed by atoms with Crippen molar-refractivity contribution < 1.29 is 10.2 Å². The summed E-state index contributed by atoms with van der Waals surface area (Å²) in [5.41, 5.74) is 5.83. The van der Waals surface area contributed by atoms with Gasteiger partial charge in [-0.1, -0.05) is 12.2 Å². The van der Waals surface area contributed by atoms with E-state index in [4.69, 9.17) is 11.0 Å². The Kier molecular flexibility index (Phi) is 3.10. The number of aromatic hydroxyl groups is 2. The monoisotopic (exact) mass is 190 g/mol. The molecule has 0 aliphatic heterocycles. The van der Waals surface area contributed by atoms with Crippen LogP contribution in [-0.2, 0) is 0 Å². The normalized spacial score (nSPS) is 10.3. The predicted octanol–water partition coefficient (Wildman–Crippen LogP) is 0.941. The Labute approximate surface area is 81.5 Å². The van der Waals surface area contributed by atoms with Gasteiger partial charge in [-0.15, -0.1) is 0 Å². The van der Waals surface area contributed by atoms with E-state index in [1.54, 1.807) is 12.2 Å². The summed E-state index contributed by atoms with van der Waals surface area (Å²) >= 11 is 0. The molecule has 0 aromatic heterocycles. The quantitative estimate of drug-likeness (QED) is 0.647. The van der Waals surface area contributed by atoms with Crippen LogP contribution in [0.25, 0.3) is 6.08 Å². The van der Waals surface area contributed by atoms with Gasteiger partial charge in [0.2, 0.25) is 0 Å². The van der Waals surface area contributed by atoms with Crippen molar-refractivity contribution in [3.8, 4) is 17.6 Å². The molecule has 0 heterocycles. The van der Waals surface area contributed by atoms with E-state index in [0.29, 0.717) is 12.1 Å². The average Bonchev–Trinajstić information content (AvgIpc) is 2.17. The minimum Gasteiger partial charge on any atom is -0.507 e. The van der Waals surface area contributed by atoms with Crippen LogP contribution >= 0.6 is 0 Å². The molecule has 4 nitrogen and oxygen atoms in total. The highest BCUT2D eigenvalue weighted by molar-refractivity contribution is 5.62. The SMILES string of the molecule is N#Cc1cc(/C=C/CN)c(O)cc1O. The summed E-state index contributed by atoms with van der Waals surface area (Å²) in [4.78, 5) is 0. The fraction of sp³-hybridized carbons (Fsp3) is 0.100. The molecule has 0 saturated heterocycles. The minimum absolute atomic E-state index is 0.0776. The van der Waals surface area contributed by atoms with E-state index in [9.17, 15) is 10.2 Å². The first-order chi connectivity index (χ1) is 6.69. The largest absolute Gasteiger partial charge is 0.507 e. The molecule has 0 saturated carbocycles. The van der Waals surface area contributed by atoms with E-state index in [-0.39, 0.29) is 17.1 Å². The number of rotatable bonds is 2. The van der Waals surface area contributed by atoms with Crippen molar-refractivity contribution in [1.82, 2.24) is 0 Å². The summed E-state index contributed by atoms with van der Waals surface area (Å²) < 4.78 is 0.